The summed E-state index contributed by atoms with van der Waals surface area (Å²) in [4.78, 5) is 6.74. The van der Waals surface area contributed by atoms with Gasteiger partial charge < -0.3 is 15.5 Å². The molecule has 0 saturated heterocycles. The molecule has 2 rings (SSSR count). The molecule has 0 amide bonds. The lowest BCUT2D eigenvalue weighted by atomic mass is 10.2. The minimum absolute atomic E-state index is 0.716. The Bertz CT molecular complexity index is 432. The van der Waals surface area contributed by atoms with Crippen molar-refractivity contribution < 1.29 is 0 Å². The van der Waals surface area contributed by atoms with E-state index in [4.69, 9.17) is 0 Å². The molecule has 4 heteroatoms. The fourth-order valence-corrected chi connectivity index (χ4v) is 1.97. The van der Waals surface area contributed by atoms with Crippen molar-refractivity contribution in [2.45, 2.75) is 26.3 Å². The number of benzene rings is 1. The number of nitrogens with one attached hydrogen (secondary N) is 2. The van der Waals surface area contributed by atoms with Gasteiger partial charge in [-0.1, -0.05) is 12.1 Å². The normalized spacial score (nSPS) is 15.1. The van der Waals surface area contributed by atoms with Crippen molar-refractivity contribution in [1.82, 2.24) is 10.6 Å². The van der Waals surface area contributed by atoms with Gasteiger partial charge in [-0.3, -0.25) is 0 Å². The van der Waals surface area contributed by atoms with Crippen LogP contribution in [0.3, 0.4) is 0 Å². The van der Waals surface area contributed by atoms with Crippen LogP contribution in [-0.4, -0.2) is 33.1 Å². The second-order valence-electron chi connectivity index (χ2n) is 5.58. The molecule has 2 N–H and O–H groups in total. The van der Waals surface area contributed by atoms with Gasteiger partial charge in [-0.05, 0) is 43.4 Å². The predicted molar refractivity (Wildman–Crippen MR) is 86.3 cm³/mol. The van der Waals surface area contributed by atoms with Crippen molar-refractivity contribution >= 4 is 11.6 Å². The summed E-state index contributed by atoms with van der Waals surface area (Å²) in [6, 6.07) is 8.55. The van der Waals surface area contributed by atoms with Gasteiger partial charge in [-0.15, -0.1) is 0 Å². The molecule has 0 bridgehead atoms. The highest BCUT2D eigenvalue weighted by atomic mass is 15.2. The zero-order chi connectivity index (χ0) is 14.4. The maximum Gasteiger partial charge on any atom is 0.191 e. The summed E-state index contributed by atoms with van der Waals surface area (Å²) in [5.41, 5.74) is 2.45. The topological polar surface area (TPSA) is 39.7 Å². The van der Waals surface area contributed by atoms with Crippen molar-refractivity contribution in [2.24, 2.45) is 10.9 Å². The average Bonchev–Trinajstić information content (AvgIpc) is 3.26. The molecule has 0 aliphatic heterocycles. The van der Waals surface area contributed by atoms with Crippen LogP contribution in [0, 0.1) is 5.92 Å². The first-order chi connectivity index (χ1) is 9.69. The summed E-state index contributed by atoms with van der Waals surface area (Å²) in [5.74, 6) is 1.79. The van der Waals surface area contributed by atoms with Gasteiger partial charge in [-0.2, -0.15) is 0 Å². The third-order valence-corrected chi connectivity index (χ3v) is 3.47. The molecule has 0 radical (unpaired) electrons. The number of hydrogen-bond donors (Lipinski definition) is 2. The SMILES string of the molecule is CCNC(=NCc1ccc(N(C)C)cc1)NCC1CC1. The van der Waals surface area contributed by atoms with Gasteiger partial charge in [0.2, 0.25) is 0 Å². The number of anilines is 1. The van der Waals surface area contributed by atoms with E-state index in [1.807, 2.05) is 0 Å². The predicted octanol–water partition coefficient (Wildman–Crippen LogP) is 2.22. The Morgan fingerprint density at radius 3 is 2.45 bits per heavy atom. The molecule has 1 saturated carbocycles. The summed E-state index contributed by atoms with van der Waals surface area (Å²) in [6.45, 7) is 4.76. The first-order valence-electron chi connectivity index (χ1n) is 7.47. The highest BCUT2D eigenvalue weighted by Crippen LogP contribution is 2.27. The minimum atomic E-state index is 0.716. The largest absolute Gasteiger partial charge is 0.378 e. The van der Waals surface area contributed by atoms with E-state index in [1.54, 1.807) is 0 Å². The molecule has 0 aromatic heterocycles. The number of guanidine groups is 1. The summed E-state index contributed by atoms with van der Waals surface area (Å²) < 4.78 is 0. The van der Waals surface area contributed by atoms with Gasteiger partial charge in [0.25, 0.3) is 0 Å². The molecule has 0 heterocycles. The summed E-state index contributed by atoms with van der Waals surface area (Å²) >= 11 is 0. The Morgan fingerprint density at radius 1 is 1.20 bits per heavy atom. The van der Waals surface area contributed by atoms with Crippen LogP contribution >= 0.6 is 0 Å². The molecule has 4 nitrogen and oxygen atoms in total. The van der Waals surface area contributed by atoms with Gasteiger partial charge >= 0.3 is 0 Å². The molecule has 0 atom stereocenters. The van der Waals surface area contributed by atoms with E-state index in [2.05, 4.69) is 65.8 Å². The van der Waals surface area contributed by atoms with Crippen molar-refractivity contribution in [3.8, 4) is 0 Å². The fourth-order valence-electron chi connectivity index (χ4n) is 1.97. The lowest BCUT2D eigenvalue weighted by Gasteiger charge is -2.13. The van der Waals surface area contributed by atoms with E-state index in [-0.39, 0.29) is 0 Å². The molecule has 1 aliphatic rings. The summed E-state index contributed by atoms with van der Waals surface area (Å²) in [7, 11) is 4.11. The fraction of sp³-hybridized carbons (Fsp3) is 0.562. The van der Waals surface area contributed by atoms with E-state index >= 15 is 0 Å². The summed E-state index contributed by atoms with van der Waals surface area (Å²) in [6.07, 6.45) is 2.72. The Balaban J connectivity index is 1.89. The van der Waals surface area contributed by atoms with Gasteiger partial charge in [0.05, 0.1) is 6.54 Å². The molecular weight excluding hydrogens is 248 g/mol. The van der Waals surface area contributed by atoms with Crippen molar-refractivity contribution in [3.05, 3.63) is 29.8 Å². The van der Waals surface area contributed by atoms with Crippen LogP contribution in [0.25, 0.3) is 0 Å². The van der Waals surface area contributed by atoms with Gasteiger partial charge in [-0.25, -0.2) is 4.99 Å². The number of rotatable bonds is 6. The second-order valence-corrected chi connectivity index (χ2v) is 5.58. The average molecular weight is 274 g/mol. The summed E-state index contributed by atoms with van der Waals surface area (Å²) in [5, 5.41) is 6.71. The van der Waals surface area contributed by atoms with Crippen LogP contribution < -0.4 is 15.5 Å². The van der Waals surface area contributed by atoms with E-state index in [1.165, 1.54) is 24.1 Å². The van der Waals surface area contributed by atoms with Gasteiger partial charge in [0, 0.05) is 32.9 Å². The Hall–Kier alpha value is -1.71. The van der Waals surface area contributed by atoms with Crippen LogP contribution in [0.5, 0.6) is 0 Å². The van der Waals surface area contributed by atoms with Crippen LogP contribution in [0.15, 0.2) is 29.3 Å². The van der Waals surface area contributed by atoms with Crippen molar-refractivity contribution in [1.29, 1.82) is 0 Å². The molecule has 1 aliphatic carbocycles. The van der Waals surface area contributed by atoms with Crippen LogP contribution in [0.4, 0.5) is 5.69 Å². The number of aliphatic imine (C=N–C) groups is 1. The molecule has 20 heavy (non-hydrogen) atoms. The molecular formula is C16H26N4. The van der Waals surface area contributed by atoms with Crippen molar-refractivity contribution in [2.75, 3.05) is 32.1 Å². The number of hydrogen-bond acceptors (Lipinski definition) is 2. The smallest absolute Gasteiger partial charge is 0.191 e. The lowest BCUT2D eigenvalue weighted by molar-refractivity contribution is 0.739. The maximum atomic E-state index is 4.64. The molecule has 110 valence electrons. The molecule has 0 spiro atoms. The molecule has 1 aromatic rings. The highest BCUT2D eigenvalue weighted by Gasteiger charge is 2.20. The highest BCUT2D eigenvalue weighted by molar-refractivity contribution is 5.79. The monoisotopic (exact) mass is 274 g/mol. The number of nitrogens with zero attached hydrogens (tertiary/aromatic N) is 2. The third-order valence-electron chi connectivity index (χ3n) is 3.47. The Morgan fingerprint density at radius 2 is 1.90 bits per heavy atom. The van der Waals surface area contributed by atoms with E-state index in [0.29, 0.717) is 6.54 Å². The van der Waals surface area contributed by atoms with Crippen LogP contribution in [-0.2, 0) is 6.54 Å². The minimum Gasteiger partial charge on any atom is -0.378 e. The quantitative estimate of drug-likeness (QED) is 0.617. The zero-order valence-corrected chi connectivity index (χ0v) is 12.8. The second kappa shape index (κ2) is 7.17. The van der Waals surface area contributed by atoms with Crippen LogP contribution in [0.2, 0.25) is 0 Å². The first-order valence-corrected chi connectivity index (χ1v) is 7.47. The molecule has 1 aromatic carbocycles. The third kappa shape index (κ3) is 4.76. The maximum absolute atomic E-state index is 4.64. The first kappa shape index (κ1) is 14.7. The molecule has 1 fully saturated rings. The lowest BCUT2D eigenvalue weighted by Crippen LogP contribution is -2.38. The molecule has 0 unspecified atom stereocenters. The zero-order valence-electron chi connectivity index (χ0n) is 12.8. The van der Waals surface area contributed by atoms with Crippen molar-refractivity contribution in [3.63, 3.8) is 0 Å². The van der Waals surface area contributed by atoms with E-state index in [0.717, 1.165) is 25.0 Å². The van der Waals surface area contributed by atoms with E-state index < -0.39 is 0 Å². The Labute approximate surface area is 122 Å². The van der Waals surface area contributed by atoms with Gasteiger partial charge in [0.1, 0.15) is 0 Å². The Kier molecular flexibility index (Phi) is 5.27. The standard InChI is InChI=1S/C16H26N4/c1-4-17-16(18-11-13-5-6-13)19-12-14-7-9-15(10-8-14)20(2)3/h7-10,13H,4-6,11-12H2,1-3H3,(H2,17,18,19). The van der Waals surface area contributed by atoms with E-state index in [9.17, 15) is 0 Å². The van der Waals surface area contributed by atoms with Crippen LogP contribution in [0.1, 0.15) is 25.3 Å². The van der Waals surface area contributed by atoms with Gasteiger partial charge in [0.15, 0.2) is 5.96 Å².